The first kappa shape index (κ1) is 23.1. The summed E-state index contributed by atoms with van der Waals surface area (Å²) in [6, 6.07) is 16.3. The summed E-state index contributed by atoms with van der Waals surface area (Å²) in [4.78, 5) is 2.43. The third-order valence-corrected chi connectivity index (χ3v) is 5.89. The van der Waals surface area contributed by atoms with E-state index in [1.807, 2.05) is 37.3 Å². The Morgan fingerprint density at radius 3 is 2.75 bits per heavy atom. The third-order valence-electron chi connectivity index (χ3n) is 5.89. The van der Waals surface area contributed by atoms with Crippen molar-refractivity contribution in [2.24, 2.45) is 22.6 Å². The minimum Gasteiger partial charge on any atom is -0.382 e. The van der Waals surface area contributed by atoms with Crippen molar-refractivity contribution < 1.29 is 0 Å². The summed E-state index contributed by atoms with van der Waals surface area (Å²) in [6.45, 7) is 6.15. The molecule has 6 heteroatoms. The molecule has 0 spiro atoms. The highest BCUT2D eigenvalue weighted by Crippen LogP contribution is 2.30. The van der Waals surface area contributed by atoms with Gasteiger partial charge in [0.1, 0.15) is 0 Å². The summed E-state index contributed by atoms with van der Waals surface area (Å²) in [5, 5.41) is 13.4. The highest BCUT2D eigenvalue weighted by atomic mass is 15.5. The average Bonchev–Trinajstić information content (AvgIpc) is 2.82. The van der Waals surface area contributed by atoms with Gasteiger partial charge in [0.15, 0.2) is 5.84 Å². The van der Waals surface area contributed by atoms with Gasteiger partial charge in [-0.05, 0) is 54.5 Å². The van der Waals surface area contributed by atoms with Gasteiger partial charge in [0.2, 0.25) is 0 Å². The van der Waals surface area contributed by atoms with Crippen LogP contribution in [-0.4, -0.2) is 18.9 Å². The van der Waals surface area contributed by atoms with Crippen LogP contribution in [0.5, 0.6) is 0 Å². The van der Waals surface area contributed by atoms with E-state index in [4.69, 9.17) is 11.6 Å². The SMILES string of the molecule is CCCCN(CC1C=CC(c2ccccc2/C(N)=N/NN)=CC1)c1cccc(C#N)c1C. The molecule has 166 valence electrons. The van der Waals surface area contributed by atoms with Gasteiger partial charge >= 0.3 is 0 Å². The van der Waals surface area contributed by atoms with Gasteiger partial charge < -0.3 is 10.6 Å². The first-order valence-electron chi connectivity index (χ1n) is 11.1. The number of nitrogens with one attached hydrogen (secondary N) is 1. The molecule has 32 heavy (non-hydrogen) atoms. The van der Waals surface area contributed by atoms with Gasteiger partial charge in [0, 0.05) is 24.3 Å². The Bertz CT molecular complexity index is 1060. The monoisotopic (exact) mass is 428 g/mol. The van der Waals surface area contributed by atoms with Gasteiger partial charge in [-0.2, -0.15) is 5.26 Å². The molecule has 1 aliphatic carbocycles. The minimum absolute atomic E-state index is 0.359. The number of benzene rings is 2. The fourth-order valence-corrected chi connectivity index (χ4v) is 4.12. The van der Waals surface area contributed by atoms with E-state index in [0.717, 1.165) is 65.9 Å². The molecule has 1 aliphatic rings. The lowest BCUT2D eigenvalue weighted by atomic mass is 9.90. The lowest BCUT2D eigenvalue weighted by Crippen LogP contribution is -2.31. The minimum atomic E-state index is 0.359. The molecule has 0 amide bonds. The van der Waals surface area contributed by atoms with Crippen LogP contribution in [0, 0.1) is 24.2 Å². The molecule has 3 rings (SSSR count). The number of hydrogen-bond acceptors (Lipinski definition) is 5. The smallest absolute Gasteiger partial charge is 0.152 e. The van der Waals surface area contributed by atoms with Crippen molar-refractivity contribution in [3.05, 3.63) is 82.9 Å². The van der Waals surface area contributed by atoms with E-state index in [-0.39, 0.29) is 0 Å². The van der Waals surface area contributed by atoms with E-state index in [2.05, 4.69) is 58.9 Å². The molecule has 2 aromatic carbocycles. The first-order valence-corrected chi connectivity index (χ1v) is 11.1. The molecule has 0 aliphatic heterocycles. The van der Waals surface area contributed by atoms with E-state index in [0.29, 0.717) is 11.8 Å². The van der Waals surface area contributed by atoms with E-state index in [1.165, 1.54) is 0 Å². The number of hydrazone groups is 1. The summed E-state index contributed by atoms with van der Waals surface area (Å²) in [7, 11) is 0. The molecule has 0 heterocycles. The molecule has 0 aromatic heterocycles. The van der Waals surface area contributed by atoms with Crippen molar-refractivity contribution in [3.63, 3.8) is 0 Å². The van der Waals surface area contributed by atoms with Crippen LogP contribution in [0.1, 0.15) is 48.4 Å². The van der Waals surface area contributed by atoms with Gasteiger partial charge in [-0.1, -0.05) is 61.9 Å². The number of anilines is 1. The standard InChI is InChI=1S/C26H32N6/c1-3-4-16-32(25-11-7-8-22(17-27)19(25)2)18-20-12-14-21(15-13-20)23-9-5-6-10-24(23)26(28)30-31-29/h5-12,14-15,20,31H,3-4,13,16,18,29H2,1-2H3,(H2,28,30). The fourth-order valence-electron chi connectivity index (χ4n) is 4.12. The molecule has 0 fully saturated rings. The quantitative estimate of drug-likeness (QED) is 0.240. The molecule has 2 aromatic rings. The second-order valence-corrected chi connectivity index (χ2v) is 8.05. The molecule has 5 N–H and O–H groups in total. The van der Waals surface area contributed by atoms with E-state index >= 15 is 0 Å². The lowest BCUT2D eigenvalue weighted by Gasteiger charge is -2.30. The number of rotatable bonds is 9. The van der Waals surface area contributed by atoms with Gasteiger partial charge in [-0.3, -0.25) is 0 Å². The Kier molecular flexibility index (Phi) is 8.07. The van der Waals surface area contributed by atoms with Gasteiger partial charge in [-0.25, -0.2) is 11.4 Å². The Labute approximate surface area is 190 Å². The summed E-state index contributed by atoms with van der Waals surface area (Å²) in [5.74, 6) is 6.06. The predicted molar refractivity (Wildman–Crippen MR) is 133 cm³/mol. The Balaban J connectivity index is 1.79. The van der Waals surface area contributed by atoms with Crippen molar-refractivity contribution in [2.75, 3.05) is 18.0 Å². The second kappa shape index (κ2) is 11.2. The molecule has 1 unspecified atom stereocenters. The Hall–Kier alpha value is -3.56. The van der Waals surface area contributed by atoms with Gasteiger partial charge in [-0.15, -0.1) is 5.10 Å². The zero-order valence-electron chi connectivity index (χ0n) is 18.9. The lowest BCUT2D eigenvalue weighted by molar-refractivity contribution is 0.602. The highest BCUT2D eigenvalue weighted by Gasteiger charge is 2.18. The van der Waals surface area contributed by atoms with Crippen molar-refractivity contribution in [1.29, 1.82) is 5.26 Å². The van der Waals surface area contributed by atoms with Crippen molar-refractivity contribution >= 4 is 17.1 Å². The fraction of sp³-hybridized carbons (Fsp3) is 0.308. The number of allylic oxidation sites excluding steroid dienone is 3. The van der Waals surface area contributed by atoms with Crippen LogP contribution in [0.4, 0.5) is 5.69 Å². The highest BCUT2D eigenvalue weighted by molar-refractivity contribution is 6.02. The van der Waals surface area contributed by atoms with Gasteiger partial charge in [0.05, 0.1) is 11.6 Å². The Morgan fingerprint density at radius 1 is 1.25 bits per heavy atom. The molecule has 1 atom stereocenters. The first-order chi connectivity index (χ1) is 15.6. The number of nitrogens with two attached hydrogens (primary N) is 2. The maximum Gasteiger partial charge on any atom is 0.152 e. The second-order valence-electron chi connectivity index (χ2n) is 8.05. The number of hydrogen-bond donors (Lipinski definition) is 3. The van der Waals surface area contributed by atoms with E-state index < -0.39 is 0 Å². The van der Waals surface area contributed by atoms with Crippen LogP contribution in [0.15, 0.2) is 65.8 Å². The van der Waals surface area contributed by atoms with Crippen LogP contribution in [0.25, 0.3) is 5.57 Å². The number of unbranched alkanes of at least 4 members (excludes halogenated alkanes) is 1. The molecule has 0 bridgehead atoms. The number of hydrazine groups is 1. The van der Waals surface area contributed by atoms with E-state index in [1.54, 1.807) is 0 Å². The molecular formula is C26H32N6. The maximum absolute atomic E-state index is 9.44. The average molecular weight is 429 g/mol. The van der Waals surface area contributed by atoms with Gasteiger partial charge in [0.25, 0.3) is 0 Å². The zero-order valence-corrected chi connectivity index (χ0v) is 18.9. The topological polar surface area (TPSA) is 103 Å². The van der Waals surface area contributed by atoms with Crippen molar-refractivity contribution in [1.82, 2.24) is 5.53 Å². The zero-order chi connectivity index (χ0) is 22.9. The molecule has 0 saturated carbocycles. The normalized spacial score (nSPS) is 15.8. The van der Waals surface area contributed by atoms with Crippen molar-refractivity contribution in [3.8, 4) is 6.07 Å². The number of amidine groups is 1. The van der Waals surface area contributed by atoms with Crippen LogP contribution >= 0.6 is 0 Å². The molecule has 0 radical (unpaired) electrons. The summed E-state index contributed by atoms with van der Waals surface area (Å²) in [6.07, 6.45) is 9.91. The number of nitriles is 1. The molecule has 0 saturated heterocycles. The van der Waals surface area contributed by atoms with Crippen molar-refractivity contribution in [2.45, 2.75) is 33.1 Å². The summed E-state index contributed by atoms with van der Waals surface area (Å²) in [5.41, 5.74) is 14.3. The maximum atomic E-state index is 9.44. The van der Waals surface area contributed by atoms with Crippen LogP contribution < -0.4 is 22.0 Å². The predicted octanol–water partition coefficient (Wildman–Crippen LogP) is 4.22. The van der Waals surface area contributed by atoms with E-state index in [9.17, 15) is 5.26 Å². The van der Waals surface area contributed by atoms with Crippen LogP contribution in [-0.2, 0) is 0 Å². The van der Waals surface area contributed by atoms with Crippen LogP contribution in [0.2, 0.25) is 0 Å². The summed E-state index contributed by atoms with van der Waals surface area (Å²) < 4.78 is 0. The van der Waals surface area contributed by atoms with Crippen LogP contribution in [0.3, 0.4) is 0 Å². The molecular weight excluding hydrogens is 396 g/mol. The molecule has 6 nitrogen and oxygen atoms in total. The largest absolute Gasteiger partial charge is 0.382 e. The number of nitrogens with zero attached hydrogens (tertiary/aromatic N) is 3. The summed E-state index contributed by atoms with van der Waals surface area (Å²) >= 11 is 0. The Morgan fingerprint density at radius 2 is 2.06 bits per heavy atom. The third kappa shape index (κ3) is 5.37.